The largest absolute Gasteiger partial charge is 0.483 e. The van der Waals surface area contributed by atoms with Gasteiger partial charge in [-0.1, -0.05) is 50.2 Å². The topological polar surface area (TPSA) is 152 Å². The number of nitrogens with one attached hydrogen (secondary N) is 3. The molecule has 0 spiro atoms. The lowest BCUT2D eigenvalue weighted by atomic mass is 9.96. The number of carbonyl (C=O) groups is 4. The van der Waals surface area contributed by atoms with Gasteiger partial charge in [0.25, 0.3) is 5.91 Å². The van der Waals surface area contributed by atoms with Gasteiger partial charge in [0.1, 0.15) is 5.75 Å². The maximum absolute atomic E-state index is 12.9. The third-order valence-electron chi connectivity index (χ3n) is 6.49. The van der Waals surface area contributed by atoms with Gasteiger partial charge in [-0.3, -0.25) is 14.4 Å². The average Bonchev–Trinajstić information content (AvgIpc) is 2.98. The molecular formula is C32H39N5O6. The van der Waals surface area contributed by atoms with Crippen molar-refractivity contribution < 1.29 is 28.7 Å². The first kappa shape index (κ1) is 32.5. The molecule has 43 heavy (non-hydrogen) atoms. The fraction of sp³-hybridized carbons (Fsp3) is 0.312. The molecule has 0 bridgehead atoms. The van der Waals surface area contributed by atoms with Crippen molar-refractivity contribution in [2.24, 2.45) is 5.92 Å². The molecule has 11 nitrogen and oxygen atoms in total. The van der Waals surface area contributed by atoms with E-state index in [1.807, 2.05) is 26.0 Å². The highest BCUT2D eigenvalue weighted by Gasteiger charge is 2.21. The lowest BCUT2D eigenvalue weighted by molar-refractivity contribution is -0.139. The van der Waals surface area contributed by atoms with Gasteiger partial charge in [-0.2, -0.15) is 0 Å². The Morgan fingerprint density at radius 1 is 0.953 bits per heavy atom. The zero-order valence-corrected chi connectivity index (χ0v) is 24.9. The van der Waals surface area contributed by atoms with Crippen LogP contribution in [0.15, 0.2) is 72.8 Å². The Kier molecular flexibility index (Phi) is 11.9. The van der Waals surface area contributed by atoms with Crippen LogP contribution in [-0.2, 0) is 25.5 Å². The Hall–Kier alpha value is -5.06. The molecule has 3 aromatic rings. The van der Waals surface area contributed by atoms with E-state index in [0.717, 1.165) is 5.56 Å². The first-order chi connectivity index (χ1) is 20.5. The van der Waals surface area contributed by atoms with Gasteiger partial charge in [-0.15, -0.1) is 0 Å². The fourth-order valence-electron chi connectivity index (χ4n) is 4.33. The number of rotatable bonds is 13. The van der Waals surface area contributed by atoms with Gasteiger partial charge < -0.3 is 36.1 Å². The number of benzene rings is 3. The Bertz CT molecular complexity index is 1430. The Morgan fingerprint density at radius 3 is 2.42 bits per heavy atom. The SMILES string of the molecule is COC(=O)Cc1cccc(NC(=O)NCC(=O)NC(CC(C)C)c2ccccc2OCC(=O)N(C)c2cccc(N)c2)c1. The average molecular weight is 590 g/mol. The minimum Gasteiger partial charge on any atom is -0.483 e. The molecule has 0 aliphatic heterocycles. The molecular weight excluding hydrogens is 550 g/mol. The van der Waals surface area contributed by atoms with Gasteiger partial charge in [0.05, 0.1) is 26.1 Å². The van der Waals surface area contributed by atoms with Crippen LogP contribution >= 0.6 is 0 Å². The minimum atomic E-state index is -0.572. The lowest BCUT2D eigenvalue weighted by Gasteiger charge is -2.24. The summed E-state index contributed by atoms with van der Waals surface area (Å²) in [6.07, 6.45) is 0.675. The zero-order chi connectivity index (χ0) is 31.4. The molecule has 11 heteroatoms. The van der Waals surface area contributed by atoms with E-state index in [1.54, 1.807) is 67.7 Å². The van der Waals surface area contributed by atoms with Crippen LogP contribution in [0.2, 0.25) is 0 Å². The maximum atomic E-state index is 12.9. The molecule has 1 unspecified atom stereocenters. The lowest BCUT2D eigenvalue weighted by Crippen LogP contribution is -2.40. The number of amides is 4. The van der Waals surface area contributed by atoms with Crippen molar-refractivity contribution in [1.82, 2.24) is 10.6 Å². The number of anilines is 3. The molecule has 4 amide bonds. The second-order valence-corrected chi connectivity index (χ2v) is 10.4. The summed E-state index contributed by atoms with van der Waals surface area (Å²) >= 11 is 0. The number of hydrogen-bond acceptors (Lipinski definition) is 7. The van der Waals surface area contributed by atoms with E-state index in [9.17, 15) is 19.2 Å². The Balaban J connectivity index is 1.60. The normalized spacial score (nSPS) is 11.3. The van der Waals surface area contributed by atoms with Gasteiger partial charge in [-0.25, -0.2) is 4.79 Å². The van der Waals surface area contributed by atoms with Crippen molar-refractivity contribution in [3.63, 3.8) is 0 Å². The van der Waals surface area contributed by atoms with Crippen LogP contribution < -0.4 is 31.3 Å². The summed E-state index contributed by atoms with van der Waals surface area (Å²) < 4.78 is 10.6. The number of nitrogens with two attached hydrogens (primary N) is 1. The molecule has 3 rings (SSSR count). The van der Waals surface area contributed by atoms with E-state index in [2.05, 4.69) is 20.7 Å². The van der Waals surface area contributed by atoms with Crippen LogP contribution in [0.1, 0.15) is 37.4 Å². The molecule has 0 radical (unpaired) electrons. The highest BCUT2D eigenvalue weighted by Crippen LogP contribution is 2.30. The third kappa shape index (κ3) is 10.4. The van der Waals surface area contributed by atoms with Gasteiger partial charge in [0.15, 0.2) is 6.61 Å². The summed E-state index contributed by atoms with van der Waals surface area (Å²) in [5.41, 5.74) is 8.91. The van der Waals surface area contributed by atoms with Gasteiger partial charge in [-0.05, 0) is 54.3 Å². The molecule has 0 aromatic heterocycles. The molecule has 0 saturated heterocycles. The fourth-order valence-corrected chi connectivity index (χ4v) is 4.33. The van der Waals surface area contributed by atoms with Gasteiger partial charge in [0, 0.05) is 29.7 Å². The van der Waals surface area contributed by atoms with E-state index in [-0.39, 0.29) is 31.4 Å². The number of carbonyl (C=O) groups excluding carboxylic acids is 4. The summed E-state index contributed by atoms with van der Waals surface area (Å²) in [5.74, 6) is -0.357. The van der Waals surface area contributed by atoms with Crippen LogP contribution in [0.25, 0.3) is 0 Å². The van der Waals surface area contributed by atoms with Crippen LogP contribution in [0.3, 0.4) is 0 Å². The summed E-state index contributed by atoms with van der Waals surface area (Å²) in [6, 6.07) is 20.0. The second kappa shape index (κ2) is 15.8. The van der Waals surface area contributed by atoms with E-state index < -0.39 is 23.9 Å². The van der Waals surface area contributed by atoms with Crippen molar-refractivity contribution >= 4 is 40.9 Å². The van der Waals surface area contributed by atoms with Gasteiger partial charge in [0.2, 0.25) is 5.91 Å². The molecule has 3 aromatic carbocycles. The van der Waals surface area contributed by atoms with Crippen LogP contribution in [0, 0.1) is 5.92 Å². The summed E-state index contributed by atoms with van der Waals surface area (Å²) in [7, 11) is 2.96. The van der Waals surface area contributed by atoms with Crippen molar-refractivity contribution in [3.8, 4) is 5.75 Å². The molecule has 0 aliphatic rings. The predicted octanol–water partition coefficient (Wildman–Crippen LogP) is 4.05. The Labute approximate surface area is 251 Å². The Morgan fingerprint density at radius 2 is 1.70 bits per heavy atom. The molecule has 0 aliphatic carbocycles. The third-order valence-corrected chi connectivity index (χ3v) is 6.49. The summed E-state index contributed by atoms with van der Waals surface area (Å²) in [6.45, 7) is 3.58. The van der Waals surface area contributed by atoms with Crippen LogP contribution in [0.5, 0.6) is 5.75 Å². The predicted molar refractivity (Wildman–Crippen MR) is 166 cm³/mol. The number of para-hydroxylation sites is 1. The van der Waals surface area contributed by atoms with Crippen LogP contribution in [0.4, 0.5) is 21.9 Å². The number of esters is 1. The van der Waals surface area contributed by atoms with Crippen molar-refractivity contribution in [2.45, 2.75) is 32.7 Å². The molecule has 0 fully saturated rings. The van der Waals surface area contributed by atoms with Crippen LogP contribution in [-0.4, -0.2) is 51.1 Å². The molecule has 5 N–H and O–H groups in total. The highest BCUT2D eigenvalue weighted by atomic mass is 16.5. The number of methoxy groups -OCH3 is 1. The number of likely N-dealkylation sites (N-methyl/N-ethyl adjacent to an activating group) is 1. The maximum Gasteiger partial charge on any atom is 0.319 e. The summed E-state index contributed by atoms with van der Waals surface area (Å²) in [4.78, 5) is 51.2. The number of hydrogen-bond donors (Lipinski definition) is 4. The van der Waals surface area contributed by atoms with Crippen molar-refractivity contribution in [3.05, 3.63) is 83.9 Å². The van der Waals surface area contributed by atoms with Crippen molar-refractivity contribution in [2.75, 3.05) is 43.3 Å². The zero-order valence-electron chi connectivity index (χ0n) is 24.9. The number of ether oxygens (including phenoxy) is 2. The standard InChI is InChI=1S/C32H39N5O6/c1-21(2)15-27(36-29(38)19-34-32(41)35-24-11-7-9-22(16-24)17-31(40)42-4)26-13-5-6-14-28(26)43-20-30(39)37(3)25-12-8-10-23(33)18-25/h5-14,16,18,21,27H,15,17,19-20,33H2,1-4H3,(H,36,38)(H2,34,35,41). The first-order valence-electron chi connectivity index (χ1n) is 13.9. The molecule has 0 heterocycles. The molecule has 1 atom stereocenters. The van der Waals surface area contributed by atoms with Crippen molar-refractivity contribution in [1.29, 1.82) is 0 Å². The number of urea groups is 1. The molecule has 228 valence electrons. The van der Waals surface area contributed by atoms with E-state index >= 15 is 0 Å². The minimum absolute atomic E-state index is 0.0749. The monoisotopic (exact) mass is 589 g/mol. The molecule has 0 saturated carbocycles. The highest BCUT2D eigenvalue weighted by molar-refractivity contribution is 5.94. The quantitative estimate of drug-likeness (QED) is 0.173. The van der Waals surface area contributed by atoms with E-state index in [4.69, 9.17) is 10.5 Å². The van der Waals surface area contributed by atoms with E-state index in [0.29, 0.717) is 34.8 Å². The number of nitrogens with zero attached hydrogens (tertiary/aromatic N) is 1. The first-order valence-corrected chi connectivity index (χ1v) is 13.9. The second-order valence-electron chi connectivity index (χ2n) is 10.4. The van der Waals surface area contributed by atoms with Gasteiger partial charge >= 0.3 is 12.0 Å². The summed E-state index contributed by atoms with van der Waals surface area (Å²) in [5, 5.41) is 8.20. The number of nitrogen functional groups attached to an aromatic ring is 1. The van der Waals surface area contributed by atoms with E-state index in [1.165, 1.54) is 12.0 Å². The smallest absolute Gasteiger partial charge is 0.319 e.